The van der Waals surface area contributed by atoms with Crippen molar-refractivity contribution in [3.63, 3.8) is 0 Å². The van der Waals surface area contributed by atoms with E-state index in [2.05, 4.69) is 0 Å². The molecule has 0 aromatic heterocycles. The molecular formula is C9H17NO. The second-order valence-corrected chi connectivity index (χ2v) is 4.12. The highest BCUT2D eigenvalue weighted by molar-refractivity contribution is 4.91. The van der Waals surface area contributed by atoms with Gasteiger partial charge < -0.3 is 10.5 Å². The van der Waals surface area contributed by atoms with Gasteiger partial charge in [-0.05, 0) is 37.5 Å². The van der Waals surface area contributed by atoms with Gasteiger partial charge in [0, 0.05) is 19.3 Å². The van der Waals surface area contributed by atoms with Crippen LogP contribution in [0.2, 0.25) is 0 Å². The Kier molecular flexibility index (Phi) is 1.90. The lowest BCUT2D eigenvalue weighted by molar-refractivity contribution is 0.0176. The molecule has 1 atom stereocenters. The van der Waals surface area contributed by atoms with Crippen molar-refractivity contribution in [1.29, 1.82) is 0 Å². The average molecular weight is 155 g/mol. The second kappa shape index (κ2) is 2.76. The van der Waals surface area contributed by atoms with E-state index in [9.17, 15) is 0 Å². The topological polar surface area (TPSA) is 35.2 Å². The zero-order valence-electron chi connectivity index (χ0n) is 7.01. The van der Waals surface area contributed by atoms with Crippen LogP contribution in [0.15, 0.2) is 0 Å². The molecule has 1 aliphatic carbocycles. The van der Waals surface area contributed by atoms with Crippen molar-refractivity contribution >= 4 is 0 Å². The van der Waals surface area contributed by atoms with Crippen LogP contribution in [0.3, 0.4) is 0 Å². The van der Waals surface area contributed by atoms with Crippen molar-refractivity contribution in [2.75, 3.05) is 13.2 Å². The highest BCUT2D eigenvalue weighted by Gasteiger charge is 2.38. The molecule has 2 aliphatic rings. The molecule has 0 amide bonds. The van der Waals surface area contributed by atoms with Crippen molar-refractivity contribution in [2.24, 2.45) is 11.1 Å². The van der Waals surface area contributed by atoms with Gasteiger partial charge in [0.2, 0.25) is 0 Å². The predicted molar refractivity (Wildman–Crippen MR) is 44.3 cm³/mol. The Morgan fingerprint density at radius 2 is 1.91 bits per heavy atom. The molecule has 0 radical (unpaired) electrons. The Labute approximate surface area is 68.1 Å². The van der Waals surface area contributed by atoms with E-state index >= 15 is 0 Å². The second-order valence-electron chi connectivity index (χ2n) is 4.12. The lowest BCUT2D eigenvalue weighted by Gasteiger charge is -2.33. The first-order valence-corrected chi connectivity index (χ1v) is 4.64. The monoisotopic (exact) mass is 155 g/mol. The Balaban J connectivity index is 1.98. The Bertz CT molecular complexity index is 135. The van der Waals surface area contributed by atoms with Crippen molar-refractivity contribution in [3.05, 3.63) is 0 Å². The van der Waals surface area contributed by atoms with Crippen LogP contribution in [0.5, 0.6) is 0 Å². The van der Waals surface area contributed by atoms with Crippen LogP contribution < -0.4 is 5.73 Å². The summed E-state index contributed by atoms with van der Waals surface area (Å²) in [6.45, 7) is 1.93. The number of ether oxygens (including phenoxy) is 1. The number of rotatable bonds is 0. The molecule has 11 heavy (non-hydrogen) atoms. The van der Waals surface area contributed by atoms with Crippen molar-refractivity contribution < 1.29 is 4.74 Å². The first kappa shape index (κ1) is 7.56. The molecule has 2 fully saturated rings. The number of hydrogen-bond donors (Lipinski definition) is 1. The fraction of sp³-hybridized carbons (Fsp3) is 1.00. The minimum Gasteiger partial charge on any atom is -0.381 e. The molecule has 1 aliphatic heterocycles. The van der Waals surface area contributed by atoms with E-state index in [1.54, 1.807) is 0 Å². The Hall–Kier alpha value is -0.0800. The first-order chi connectivity index (χ1) is 5.31. The van der Waals surface area contributed by atoms with Crippen molar-refractivity contribution in [2.45, 2.75) is 38.1 Å². The maximum Gasteiger partial charge on any atom is 0.0471 e. The van der Waals surface area contributed by atoms with Gasteiger partial charge >= 0.3 is 0 Å². The van der Waals surface area contributed by atoms with E-state index in [0.29, 0.717) is 11.5 Å². The smallest absolute Gasteiger partial charge is 0.0471 e. The third-order valence-electron chi connectivity index (χ3n) is 3.29. The van der Waals surface area contributed by atoms with Crippen LogP contribution in [-0.4, -0.2) is 19.3 Å². The van der Waals surface area contributed by atoms with Crippen LogP contribution in [-0.2, 0) is 4.74 Å². The lowest BCUT2D eigenvalue weighted by atomic mass is 9.79. The highest BCUT2D eigenvalue weighted by Crippen LogP contribution is 2.44. The first-order valence-electron chi connectivity index (χ1n) is 4.64. The summed E-state index contributed by atoms with van der Waals surface area (Å²) >= 11 is 0. The third kappa shape index (κ3) is 1.42. The number of nitrogens with two attached hydrogens (primary N) is 1. The molecule has 0 aromatic carbocycles. The van der Waals surface area contributed by atoms with Crippen molar-refractivity contribution in [3.8, 4) is 0 Å². The van der Waals surface area contributed by atoms with Gasteiger partial charge in [-0.1, -0.05) is 0 Å². The zero-order valence-corrected chi connectivity index (χ0v) is 7.01. The minimum atomic E-state index is 0.480. The van der Waals surface area contributed by atoms with Crippen LogP contribution in [0.1, 0.15) is 32.1 Å². The van der Waals surface area contributed by atoms with Gasteiger partial charge in [-0.2, -0.15) is 0 Å². The molecule has 1 unspecified atom stereocenters. The van der Waals surface area contributed by atoms with Gasteiger partial charge in [-0.15, -0.1) is 0 Å². The van der Waals surface area contributed by atoms with Gasteiger partial charge in [-0.25, -0.2) is 0 Å². The Morgan fingerprint density at radius 3 is 2.45 bits per heavy atom. The molecule has 2 nitrogen and oxygen atoms in total. The lowest BCUT2D eigenvalue weighted by Crippen LogP contribution is -2.28. The summed E-state index contributed by atoms with van der Waals surface area (Å²) in [6, 6.07) is 0.480. The quantitative estimate of drug-likeness (QED) is 0.572. The summed E-state index contributed by atoms with van der Waals surface area (Å²) in [5.74, 6) is 0. The van der Waals surface area contributed by atoms with E-state index in [0.717, 1.165) is 13.2 Å². The van der Waals surface area contributed by atoms with E-state index in [1.807, 2.05) is 0 Å². The van der Waals surface area contributed by atoms with Crippen LogP contribution in [0.4, 0.5) is 0 Å². The molecule has 64 valence electrons. The van der Waals surface area contributed by atoms with E-state index in [4.69, 9.17) is 10.5 Å². The zero-order chi connectivity index (χ0) is 7.73. The van der Waals surface area contributed by atoms with E-state index < -0.39 is 0 Å². The fourth-order valence-electron chi connectivity index (χ4n) is 2.51. The molecule has 1 spiro atoms. The van der Waals surface area contributed by atoms with Crippen molar-refractivity contribution in [1.82, 2.24) is 0 Å². The fourth-order valence-corrected chi connectivity index (χ4v) is 2.51. The summed E-state index contributed by atoms with van der Waals surface area (Å²) in [7, 11) is 0. The molecule has 1 saturated heterocycles. The SMILES string of the molecule is NC1CCC2(CCOCC2)C1. The van der Waals surface area contributed by atoms with Gasteiger partial charge in [-0.3, -0.25) is 0 Å². The molecule has 2 heteroatoms. The molecule has 2 N–H and O–H groups in total. The van der Waals surface area contributed by atoms with Gasteiger partial charge in [0.25, 0.3) is 0 Å². The average Bonchev–Trinajstić information content (AvgIpc) is 2.34. The summed E-state index contributed by atoms with van der Waals surface area (Å²) in [4.78, 5) is 0. The maximum absolute atomic E-state index is 5.90. The van der Waals surface area contributed by atoms with Crippen LogP contribution in [0.25, 0.3) is 0 Å². The molecule has 0 aromatic rings. The third-order valence-corrected chi connectivity index (χ3v) is 3.29. The molecular weight excluding hydrogens is 138 g/mol. The number of hydrogen-bond acceptors (Lipinski definition) is 2. The predicted octanol–water partition coefficient (Wildman–Crippen LogP) is 1.29. The van der Waals surface area contributed by atoms with Gasteiger partial charge in [0.05, 0.1) is 0 Å². The normalized spacial score (nSPS) is 36.3. The minimum absolute atomic E-state index is 0.480. The Morgan fingerprint density at radius 1 is 1.18 bits per heavy atom. The van der Waals surface area contributed by atoms with Gasteiger partial charge in [0.1, 0.15) is 0 Å². The van der Waals surface area contributed by atoms with E-state index in [-0.39, 0.29) is 0 Å². The summed E-state index contributed by atoms with van der Waals surface area (Å²) in [6.07, 6.45) is 6.33. The van der Waals surface area contributed by atoms with E-state index in [1.165, 1.54) is 32.1 Å². The highest BCUT2D eigenvalue weighted by atomic mass is 16.5. The van der Waals surface area contributed by atoms with Crippen LogP contribution >= 0.6 is 0 Å². The van der Waals surface area contributed by atoms with Gasteiger partial charge in [0.15, 0.2) is 0 Å². The maximum atomic E-state index is 5.90. The molecule has 2 rings (SSSR count). The molecule has 1 saturated carbocycles. The molecule has 1 heterocycles. The standard InChI is InChI=1S/C9H17NO/c10-8-1-2-9(7-8)3-5-11-6-4-9/h8H,1-7,10H2. The summed E-state index contributed by atoms with van der Waals surface area (Å²) in [5.41, 5.74) is 6.49. The molecule has 0 bridgehead atoms. The summed E-state index contributed by atoms with van der Waals surface area (Å²) in [5, 5.41) is 0. The summed E-state index contributed by atoms with van der Waals surface area (Å²) < 4.78 is 5.35. The largest absolute Gasteiger partial charge is 0.381 e. The van der Waals surface area contributed by atoms with Crippen LogP contribution in [0, 0.1) is 5.41 Å².